The molecule has 0 saturated carbocycles. The highest BCUT2D eigenvalue weighted by molar-refractivity contribution is 5.98. The van der Waals surface area contributed by atoms with Gasteiger partial charge in [0.1, 0.15) is 11.6 Å². The summed E-state index contributed by atoms with van der Waals surface area (Å²) in [4.78, 5) is 22.5. The van der Waals surface area contributed by atoms with Crippen LogP contribution in [0.5, 0.6) is 0 Å². The molecular weight excluding hydrogens is 232 g/mol. The number of nitrogens with one attached hydrogen (secondary N) is 1. The third-order valence-electron chi connectivity index (χ3n) is 2.24. The van der Waals surface area contributed by atoms with Crippen molar-refractivity contribution in [1.29, 1.82) is 5.26 Å². The molecule has 0 aliphatic heterocycles. The molecule has 0 atom stereocenters. The molecule has 0 spiro atoms. The first-order chi connectivity index (χ1) is 8.62. The standard InChI is InChI=1S/C13H12N2O3/c1-15-12(16)10-5-3-9(4-6-10)7-11(8-14)13(17)18-2/h3-7H,1-2H3,(H,15,16). The minimum absolute atomic E-state index is 0.0924. The number of ether oxygens (including phenoxy) is 1. The van der Waals surface area contributed by atoms with Crippen LogP contribution < -0.4 is 5.32 Å². The second-order valence-corrected chi connectivity index (χ2v) is 3.36. The summed E-state index contributed by atoms with van der Waals surface area (Å²) in [6.45, 7) is 0. The van der Waals surface area contributed by atoms with Gasteiger partial charge in [-0.25, -0.2) is 4.79 Å². The minimum atomic E-state index is -0.687. The van der Waals surface area contributed by atoms with Crippen LogP contribution in [0, 0.1) is 11.3 Å². The molecule has 18 heavy (non-hydrogen) atoms. The van der Waals surface area contributed by atoms with Crippen LogP contribution in [0.1, 0.15) is 15.9 Å². The number of benzene rings is 1. The Morgan fingerprint density at radius 2 is 1.94 bits per heavy atom. The summed E-state index contributed by atoms with van der Waals surface area (Å²) in [5, 5.41) is 11.3. The lowest BCUT2D eigenvalue weighted by atomic mass is 10.1. The van der Waals surface area contributed by atoms with E-state index in [1.165, 1.54) is 13.2 Å². The zero-order valence-electron chi connectivity index (χ0n) is 10.1. The molecule has 0 fully saturated rings. The summed E-state index contributed by atoms with van der Waals surface area (Å²) >= 11 is 0. The molecule has 1 amide bonds. The van der Waals surface area contributed by atoms with Gasteiger partial charge in [-0.1, -0.05) is 12.1 Å². The Morgan fingerprint density at radius 3 is 2.39 bits per heavy atom. The molecule has 1 rings (SSSR count). The molecule has 92 valence electrons. The molecule has 5 heteroatoms. The fourth-order valence-electron chi connectivity index (χ4n) is 1.29. The molecule has 1 aromatic rings. The monoisotopic (exact) mass is 244 g/mol. The van der Waals surface area contributed by atoms with E-state index in [0.29, 0.717) is 11.1 Å². The van der Waals surface area contributed by atoms with Gasteiger partial charge in [0.15, 0.2) is 0 Å². The number of nitriles is 1. The van der Waals surface area contributed by atoms with Crippen LogP contribution in [0.3, 0.4) is 0 Å². The number of carbonyl (C=O) groups is 2. The Hall–Kier alpha value is -2.61. The summed E-state index contributed by atoms with van der Waals surface area (Å²) in [6.07, 6.45) is 1.40. The summed E-state index contributed by atoms with van der Waals surface area (Å²) in [5.41, 5.74) is 1.06. The van der Waals surface area contributed by atoms with E-state index >= 15 is 0 Å². The predicted molar refractivity (Wildman–Crippen MR) is 65.4 cm³/mol. The van der Waals surface area contributed by atoms with Gasteiger partial charge in [0.2, 0.25) is 0 Å². The van der Waals surface area contributed by atoms with Crippen LogP contribution in [0.4, 0.5) is 0 Å². The molecule has 5 nitrogen and oxygen atoms in total. The van der Waals surface area contributed by atoms with Gasteiger partial charge in [-0.05, 0) is 23.8 Å². The molecule has 0 unspecified atom stereocenters. The second-order valence-electron chi connectivity index (χ2n) is 3.36. The number of rotatable bonds is 3. The zero-order valence-corrected chi connectivity index (χ0v) is 10.1. The van der Waals surface area contributed by atoms with E-state index in [2.05, 4.69) is 10.1 Å². The van der Waals surface area contributed by atoms with Crippen LogP contribution in [0.15, 0.2) is 29.8 Å². The molecule has 1 aromatic carbocycles. The lowest BCUT2D eigenvalue weighted by Gasteiger charge is -2.00. The second kappa shape index (κ2) is 6.21. The third-order valence-corrected chi connectivity index (χ3v) is 2.24. The SMILES string of the molecule is CNC(=O)c1ccc(C=C(C#N)C(=O)OC)cc1. The van der Waals surface area contributed by atoms with E-state index in [0.717, 1.165) is 0 Å². The van der Waals surface area contributed by atoms with Crippen LogP contribution >= 0.6 is 0 Å². The lowest BCUT2D eigenvalue weighted by molar-refractivity contribution is -0.135. The maximum Gasteiger partial charge on any atom is 0.348 e. The zero-order chi connectivity index (χ0) is 13.5. The Labute approximate surface area is 105 Å². The van der Waals surface area contributed by atoms with Crippen LogP contribution in [0.2, 0.25) is 0 Å². The van der Waals surface area contributed by atoms with E-state index in [-0.39, 0.29) is 11.5 Å². The number of methoxy groups -OCH3 is 1. The number of esters is 1. The highest BCUT2D eigenvalue weighted by Crippen LogP contribution is 2.09. The van der Waals surface area contributed by atoms with Gasteiger partial charge in [-0.15, -0.1) is 0 Å². The predicted octanol–water partition coefficient (Wildman–Crippen LogP) is 1.13. The Morgan fingerprint density at radius 1 is 1.33 bits per heavy atom. The fourth-order valence-corrected chi connectivity index (χ4v) is 1.29. The number of amides is 1. The van der Waals surface area contributed by atoms with Gasteiger partial charge in [-0.3, -0.25) is 4.79 Å². The van der Waals surface area contributed by atoms with Crippen molar-refractivity contribution in [2.45, 2.75) is 0 Å². The Balaban J connectivity index is 2.99. The smallest absolute Gasteiger partial charge is 0.348 e. The normalized spacial score (nSPS) is 10.4. The molecule has 0 heterocycles. The Kier molecular flexibility index (Phi) is 4.64. The van der Waals surface area contributed by atoms with Gasteiger partial charge in [0.05, 0.1) is 7.11 Å². The average Bonchev–Trinajstić information content (AvgIpc) is 2.43. The van der Waals surface area contributed by atoms with E-state index in [4.69, 9.17) is 5.26 Å². The molecule has 0 bridgehead atoms. The molecule has 0 radical (unpaired) electrons. The highest BCUT2D eigenvalue weighted by Gasteiger charge is 2.08. The van der Waals surface area contributed by atoms with Crippen LogP contribution in [-0.4, -0.2) is 26.0 Å². The number of carbonyl (C=O) groups excluding carboxylic acids is 2. The fraction of sp³-hybridized carbons (Fsp3) is 0.154. The first kappa shape index (κ1) is 13.5. The average molecular weight is 244 g/mol. The van der Waals surface area contributed by atoms with Crippen molar-refractivity contribution in [3.05, 3.63) is 41.0 Å². The van der Waals surface area contributed by atoms with E-state index in [1.807, 2.05) is 0 Å². The molecule has 0 aromatic heterocycles. The molecule has 1 N–H and O–H groups in total. The first-order valence-electron chi connectivity index (χ1n) is 5.14. The van der Waals surface area contributed by atoms with Crippen LogP contribution in [-0.2, 0) is 9.53 Å². The van der Waals surface area contributed by atoms with Gasteiger partial charge in [0, 0.05) is 12.6 Å². The van der Waals surface area contributed by atoms with Crippen molar-refractivity contribution < 1.29 is 14.3 Å². The minimum Gasteiger partial charge on any atom is -0.465 e. The van der Waals surface area contributed by atoms with E-state index in [1.54, 1.807) is 37.4 Å². The van der Waals surface area contributed by atoms with Gasteiger partial charge in [0.25, 0.3) is 5.91 Å². The first-order valence-corrected chi connectivity index (χ1v) is 5.14. The summed E-state index contributed by atoms with van der Waals surface area (Å²) in [7, 11) is 2.75. The van der Waals surface area contributed by atoms with E-state index in [9.17, 15) is 9.59 Å². The van der Waals surface area contributed by atoms with Crippen molar-refractivity contribution in [2.75, 3.05) is 14.2 Å². The topological polar surface area (TPSA) is 79.2 Å². The molecule has 0 saturated heterocycles. The van der Waals surface area contributed by atoms with Gasteiger partial charge in [-0.2, -0.15) is 5.26 Å². The largest absolute Gasteiger partial charge is 0.465 e. The van der Waals surface area contributed by atoms with Gasteiger partial charge < -0.3 is 10.1 Å². The number of hydrogen-bond donors (Lipinski definition) is 1. The maximum absolute atomic E-state index is 11.3. The van der Waals surface area contributed by atoms with Crippen molar-refractivity contribution in [1.82, 2.24) is 5.32 Å². The summed E-state index contributed by atoms with van der Waals surface area (Å²) < 4.78 is 4.46. The van der Waals surface area contributed by atoms with Gasteiger partial charge >= 0.3 is 5.97 Å². The molecule has 0 aliphatic carbocycles. The quantitative estimate of drug-likeness (QED) is 0.491. The molecular formula is C13H12N2O3. The van der Waals surface area contributed by atoms with Crippen LogP contribution in [0.25, 0.3) is 6.08 Å². The third kappa shape index (κ3) is 3.19. The maximum atomic E-state index is 11.3. The van der Waals surface area contributed by atoms with Crippen molar-refractivity contribution in [3.8, 4) is 6.07 Å². The summed E-state index contributed by atoms with van der Waals surface area (Å²) in [5.74, 6) is -0.883. The Bertz CT molecular complexity index is 524. The van der Waals surface area contributed by atoms with Crippen molar-refractivity contribution in [3.63, 3.8) is 0 Å². The van der Waals surface area contributed by atoms with Crippen molar-refractivity contribution >= 4 is 18.0 Å². The summed E-state index contributed by atoms with van der Waals surface area (Å²) in [6, 6.07) is 8.26. The lowest BCUT2D eigenvalue weighted by Crippen LogP contribution is -2.17. The highest BCUT2D eigenvalue weighted by atomic mass is 16.5. The number of nitrogens with zero attached hydrogens (tertiary/aromatic N) is 1. The van der Waals surface area contributed by atoms with E-state index < -0.39 is 5.97 Å². The van der Waals surface area contributed by atoms with Crippen molar-refractivity contribution in [2.24, 2.45) is 0 Å². The number of hydrogen-bond acceptors (Lipinski definition) is 4. The molecule has 0 aliphatic rings.